The molecule has 1 rings (SSSR count). The Balaban J connectivity index is 2.93. The predicted molar refractivity (Wildman–Crippen MR) is 40.0 cm³/mol. The predicted octanol–water partition coefficient (Wildman–Crippen LogP) is 0.171. The van der Waals surface area contributed by atoms with Crippen LogP contribution in [0.5, 0.6) is 0 Å². The molecular weight excluding hydrogens is 178 g/mol. The van der Waals surface area contributed by atoms with E-state index >= 15 is 0 Å². The fourth-order valence-electron chi connectivity index (χ4n) is 0.612. The molecule has 0 saturated heterocycles. The maximum Gasteiger partial charge on any atom is 0.376 e. The molecule has 1 aromatic heterocycles. The largest absolute Gasteiger partial charge is 0.463 e. The van der Waals surface area contributed by atoms with Gasteiger partial charge in [0.25, 0.3) is 0 Å². The van der Waals surface area contributed by atoms with Crippen LogP contribution in [0.2, 0.25) is 0 Å². The quantitative estimate of drug-likeness (QED) is 0.368. The standard InChI is InChI=1S/C6H5N3O4/c1-13-6(10)5-7-2-4(3-8-5)9(11)12/h2-3H,1H3. The zero-order valence-corrected chi connectivity index (χ0v) is 6.63. The number of ether oxygens (including phenoxy) is 1. The molecule has 0 unspecified atom stereocenters. The van der Waals surface area contributed by atoms with Crippen LogP contribution in [0.1, 0.15) is 10.6 Å². The lowest BCUT2D eigenvalue weighted by molar-refractivity contribution is -0.385. The number of rotatable bonds is 2. The molecule has 0 radical (unpaired) electrons. The summed E-state index contributed by atoms with van der Waals surface area (Å²) < 4.78 is 4.30. The molecule has 1 heterocycles. The molecule has 0 saturated carbocycles. The number of hydrogen-bond donors (Lipinski definition) is 0. The summed E-state index contributed by atoms with van der Waals surface area (Å²) in [5.74, 6) is -0.928. The summed E-state index contributed by atoms with van der Waals surface area (Å²) in [7, 11) is 1.17. The average Bonchev–Trinajstić information content (AvgIpc) is 2.17. The minimum absolute atomic E-state index is 0.201. The number of nitrogens with zero attached hydrogens (tertiary/aromatic N) is 3. The summed E-state index contributed by atoms with van der Waals surface area (Å²) >= 11 is 0. The second kappa shape index (κ2) is 3.57. The highest BCUT2D eigenvalue weighted by atomic mass is 16.6. The van der Waals surface area contributed by atoms with Crippen molar-refractivity contribution in [2.24, 2.45) is 0 Å². The van der Waals surface area contributed by atoms with E-state index in [1.807, 2.05) is 0 Å². The number of carbonyl (C=O) groups excluding carboxylic acids is 1. The summed E-state index contributed by atoms with van der Waals surface area (Å²) in [6.45, 7) is 0. The zero-order valence-electron chi connectivity index (χ0n) is 6.63. The van der Waals surface area contributed by atoms with E-state index in [0.29, 0.717) is 0 Å². The highest BCUT2D eigenvalue weighted by Crippen LogP contribution is 2.05. The number of nitro groups is 1. The molecule has 0 fully saturated rings. The summed E-state index contributed by atoms with van der Waals surface area (Å²) in [6, 6.07) is 0. The van der Waals surface area contributed by atoms with Crippen LogP contribution >= 0.6 is 0 Å². The van der Waals surface area contributed by atoms with Crippen molar-refractivity contribution in [2.75, 3.05) is 7.11 Å². The smallest absolute Gasteiger partial charge is 0.376 e. The Kier molecular flexibility index (Phi) is 2.48. The van der Waals surface area contributed by atoms with Gasteiger partial charge >= 0.3 is 11.7 Å². The third-order valence-electron chi connectivity index (χ3n) is 1.22. The second-order valence-electron chi connectivity index (χ2n) is 2.01. The van der Waals surface area contributed by atoms with E-state index in [1.54, 1.807) is 0 Å². The number of hydrogen-bond acceptors (Lipinski definition) is 6. The Hall–Kier alpha value is -2.05. The van der Waals surface area contributed by atoms with E-state index in [-0.39, 0.29) is 11.5 Å². The van der Waals surface area contributed by atoms with Gasteiger partial charge in [0.2, 0.25) is 5.82 Å². The van der Waals surface area contributed by atoms with Crippen LogP contribution in [-0.2, 0) is 4.74 Å². The third kappa shape index (κ3) is 1.95. The molecule has 0 aliphatic carbocycles. The lowest BCUT2D eigenvalue weighted by atomic mass is 10.5. The summed E-state index contributed by atoms with van der Waals surface area (Å²) in [4.78, 5) is 27.2. The SMILES string of the molecule is COC(=O)c1ncc([N+](=O)[O-])cn1. The molecule has 0 aliphatic heterocycles. The van der Waals surface area contributed by atoms with Crippen LogP contribution in [0.3, 0.4) is 0 Å². The molecular formula is C6H5N3O4. The normalized spacial score (nSPS) is 9.31. The maximum absolute atomic E-state index is 10.8. The van der Waals surface area contributed by atoms with Crippen LogP contribution in [0.4, 0.5) is 5.69 Å². The van der Waals surface area contributed by atoms with Gasteiger partial charge in [-0.1, -0.05) is 0 Å². The Bertz CT molecular complexity index is 334. The van der Waals surface area contributed by atoms with Crippen LogP contribution in [0.25, 0.3) is 0 Å². The molecule has 7 nitrogen and oxygen atoms in total. The zero-order chi connectivity index (χ0) is 9.84. The first-order valence-electron chi connectivity index (χ1n) is 3.20. The van der Waals surface area contributed by atoms with Crippen molar-refractivity contribution in [3.8, 4) is 0 Å². The molecule has 0 aliphatic rings. The first kappa shape index (κ1) is 9.04. The maximum atomic E-state index is 10.8. The van der Waals surface area contributed by atoms with Crippen LogP contribution in [0, 0.1) is 10.1 Å². The number of esters is 1. The molecule has 68 valence electrons. The van der Waals surface area contributed by atoms with Crippen molar-refractivity contribution in [2.45, 2.75) is 0 Å². The van der Waals surface area contributed by atoms with E-state index in [4.69, 9.17) is 0 Å². The third-order valence-corrected chi connectivity index (χ3v) is 1.22. The van der Waals surface area contributed by atoms with Crippen molar-refractivity contribution >= 4 is 11.7 Å². The van der Waals surface area contributed by atoms with Gasteiger partial charge in [0, 0.05) is 0 Å². The van der Waals surface area contributed by atoms with Gasteiger partial charge < -0.3 is 4.74 Å². The second-order valence-corrected chi connectivity index (χ2v) is 2.01. The molecule has 0 bridgehead atoms. The first-order chi connectivity index (χ1) is 6.15. The van der Waals surface area contributed by atoms with Gasteiger partial charge in [0.1, 0.15) is 12.4 Å². The van der Waals surface area contributed by atoms with Crippen LogP contribution in [0.15, 0.2) is 12.4 Å². The Morgan fingerprint density at radius 3 is 2.46 bits per heavy atom. The van der Waals surface area contributed by atoms with Gasteiger partial charge in [0.15, 0.2) is 0 Å². The van der Waals surface area contributed by atoms with E-state index in [9.17, 15) is 14.9 Å². The van der Waals surface area contributed by atoms with E-state index < -0.39 is 10.9 Å². The number of aromatic nitrogens is 2. The van der Waals surface area contributed by atoms with E-state index in [0.717, 1.165) is 12.4 Å². The van der Waals surface area contributed by atoms with Crippen molar-refractivity contribution < 1.29 is 14.5 Å². The number of methoxy groups -OCH3 is 1. The van der Waals surface area contributed by atoms with Crippen LogP contribution in [-0.4, -0.2) is 28.0 Å². The molecule has 0 aromatic carbocycles. The minimum atomic E-state index is -0.727. The lowest BCUT2D eigenvalue weighted by Crippen LogP contribution is -2.07. The van der Waals surface area contributed by atoms with Gasteiger partial charge in [-0.2, -0.15) is 0 Å². The van der Waals surface area contributed by atoms with Crippen molar-refractivity contribution in [3.05, 3.63) is 28.3 Å². The summed E-state index contributed by atoms with van der Waals surface area (Å²) in [6.07, 6.45) is 1.89. The summed E-state index contributed by atoms with van der Waals surface area (Å²) in [5.41, 5.74) is -0.271. The Labute approximate surface area is 72.5 Å². The van der Waals surface area contributed by atoms with Gasteiger partial charge in [-0.25, -0.2) is 14.8 Å². The van der Waals surface area contributed by atoms with E-state index in [1.165, 1.54) is 7.11 Å². The first-order valence-corrected chi connectivity index (χ1v) is 3.20. The van der Waals surface area contributed by atoms with Crippen LogP contribution < -0.4 is 0 Å². The van der Waals surface area contributed by atoms with E-state index in [2.05, 4.69) is 14.7 Å². The van der Waals surface area contributed by atoms with Crippen molar-refractivity contribution in [1.82, 2.24) is 9.97 Å². The van der Waals surface area contributed by atoms with Gasteiger partial charge in [-0.3, -0.25) is 10.1 Å². The molecule has 0 amide bonds. The minimum Gasteiger partial charge on any atom is -0.463 e. The Morgan fingerprint density at radius 2 is 2.08 bits per heavy atom. The van der Waals surface area contributed by atoms with Gasteiger partial charge in [-0.15, -0.1) is 0 Å². The molecule has 0 N–H and O–H groups in total. The molecule has 7 heteroatoms. The fourth-order valence-corrected chi connectivity index (χ4v) is 0.612. The highest BCUT2D eigenvalue weighted by molar-refractivity contribution is 5.84. The van der Waals surface area contributed by atoms with Gasteiger partial charge in [-0.05, 0) is 0 Å². The highest BCUT2D eigenvalue weighted by Gasteiger charge is 2.11. The Morgan fingerprint density at radius 1 is 1.54 bits per heavy atom. The van der Waals surface area contributed by atoms with Crippen molar-refractivity contribution in [1.29, 1.82) is 0 Å². The monoisotopic (exact) mass is 183 g/mol. The molecule has 1 aromatic rings. The van der Waals surface area contributed by atoms with Gasteiger partial charge in [0.05, 0.1) is 12.0 Å². The molecule has 0 spiro atoms. The topological polar surface area (TPSA) is 95.2 Å². The summed E-state index contributed by atoms with van der Waals surface area (Å²) in [5, 5.41) is 10.2. The van der Waals surface area contributed by atoms with Crippen molar-refractivity contribution in [3.63, 3.8) is 0 Å². The molecule has 0 atom stereocenters. The average molecular weight is 183 g/mol. The number of carbonyl (C=O) groups is 1. The fraction of sp³-hybridized carbons (Fsp3) is 0.167. The lowest BCUT2D eigenvalue weighted by Gasteiger charge is -1.95. The molecule has 13 heavy (non-hydrogen) atoms.